The lowest BCUT2D eigenvalue weighted by Gasteiger charge is -2.08. The normalized spacial score (nSPS) is 11.0. The lowest BCUT2D eigenvalue weighted by atomic mass is 10.1. The summed E-state index contributed by atoms with van der Waals surface area (Å²) in [5.74, 6) is 0.686. The second-order valence-corrected chi connectivity index (χ2v) is 5.48. The fraction of sp³-hybridized carbons (Fsp3) is 0.250. The first kappa shape index (κ1) is 15.5. The third-order valence-electron chi connectivity index (χ3n) is 2.92. The number of allylic oxidation sites excluding steroid dienone is 1. The van der Waals surface area contributed by atoms with Gasteiger partial charge < -0.3 is 4.74 Å². The van der Waals surface area contributed by atoms with E-state index in [1.165, 1.54) is 6.08 Å². The largest absolute Gasteiger partial charge is 0.493 e. The van der Waals surface area contributed by atoms with Crippen LogP contribution < -0.4 is 4.74 Å². The van der Waals surface area contributed by atoms with Gasteiger partial charge in [0.1, 0.15) is 11.4 Å². The summed E-state index contributed by atoms with van der Waals surface area (Å²) in [6, 6.07) is 7.44. The average molecular weight is 349 g/mol. The standard InChI is InChI=1S/C16H17BrN2O2/c1-3-10-21-16-7-5-13(17)11-12(16)4-6-15(20)14-8-9-18-19(14)2/h4-9,11H,3,10H2,1-2H3/b6-4+. The van der Waals surface area contributed by atoms with E-state index in [0.717, 1.165) is 22.2 Å². The van der Waals surface area contributed by atoms with Gasteiger partial charge >= 0.3 is 0 Å². The Morgan fingerprint density at radius 3 is 2.90 bits per heavy atom. The lowest BCUT2D eigenvalue weighted by Crippen LogP contribution is -2.04. The molecule has 0 atom stereocenters. The highest BCUT2D eigenvalue weighted by Crippen LogP contribution is 2.25. The van der Waals surface area contributed by atoms with Gasteiger partial charge in [0, 0.05) is 23.3 Å². The van der Waals surface area contributed by atoms with Crippen molar-refractivity contribution in [3.05, 3.63) is 52.3 Å². The number of carbonyl (C=O) groups is 1. The van der Waals surface area contributed by atoms with E-state index >= 15 is 0 Å². The van der Waals surface area contributed by atoms with Crippen molar-refractivity contribution in [2.45, 2.75) is 13.3 Å². The maximum Gasteiger partial charge on any atom is 0.203 e. The summed E-state index contributed by atoms with van der Waals surface area (Å²) >= 11 is 3.43. The molecule has 1 aromatic carbocycles. The first-order chi connectivity index (χ1) is 10.1. The Morgan fingerprint density at radius 2 is 2.24 bits per heavy atom. The van der Waals surface area contributed by atoms with Crippen molar-refractivity contribution >= 4 is 27.8 Å². The molecule has 0 fully saturated rings. The SMILES string of the molecule is CCCOc1ccc(Br)cc1/C=C/C(=O)c1ccnn1C. The minimum absolute atomic E-state index is 0.0867. The number of nitrogens with zero attached hydrogens (tertiary/aromatic N) is 2. The fourth-order valence-electron chi connectivity index (χ4n) is 1.86. The number of hydrogen-bond acceptors (Lipinski definition) is 3. The first-order valence-electron chi connectivity index (χ1n) is 6.74. The molecule has 110 valence electrons. The molecule has 5 heteroatoms. The van der Waals surface area contributed by atoms with Crippen molar-refractivity contribution in [3.8, 4) is 5.75 Å². The van der Waals surface area contributed by atoms with Gasteiger partial charge in [-0.3, -0.25) is 9.48 Å². The number of halogens is 1. The van der Waals surface area contributed by atoms with E-state index in [4.69, 9.17) is 4.74 Å². The number of carbonyl (C=O) groups excluding carboxylic acids is 1. The Balaban J connectivity index is 2.21. The number of ether oxygens (including phenoxy) is 1. The lowest BCUT2D eigenvalue weighted by molar-refractivity contribution is 0.103. The third kappa shape index (κ3) is 4.04. The third-order valence-corrected chi connectivity index (χ3v) is 3.41. The van der Waals surface area contributed by atoms with Crippen LogP contribution in [0, 0.1) is 0 Å². The second kappa shape index (κ2) is 7.22. The Morgan fingerprint density at radius 1 is 1.43 bits per heavy atom. The summed E-state index contributed by atoms with van der Waals surface area (Å²) in [5, 5.41) is 3.99. The minimum atomic E-state index is -0.0867. The molecule has 0 saturated carbocycles. The van der Waals surface area contributed by atoms with Crippen LogP contribution in [0.3, 0.4) is 0 Å². The predicted molar refractivity (Wildman–Crippen MR) is 86.5 cm³/mol. The van der Waals surface area contributed by atoms with E-state index in [1.54, 1.807) is 30.1 Å². The highest BCUT2D eigenvalue weighted by Gasteiger charge is 2.07. The van der Waals surface area contributed by atoms with Gasteiger partial charge in [-0.1, -0.05) is 22.9 Å². The van der Waals surface area contributed by atoms with Crippen LogP contribution in [-0.2, 0) is 7.05 Å². The van der Waals surface area contributed by atoms with Gasteiger partial charge in [-0.2, -0.15) is 5.10 Å². The quantitative estimate of drug-likeness (QED) is 0.587. The number of aromatic nitrogens is 2. The van der Waals surface area contributed by atoms with Gasteiger partial charge in [0.25, 0.3) is 0 Å². The molecule has 21 heavy (non-hydrogen) atoms. The van der Waals surface area contributed by atoms with Crippen LogP contribution in [-0.4, -0.2) is 22.2 Å². The highest BCUT2D eigenvalue weighted by atomic mass is 79.9. The van der Waals surface area contributed by atoms with Gasteiger partial charge in [0.15, 0.2) is 0 Å². The van der Waals surface area contributed by atoms with E-state index < -0.39 is 0 Å². The van der Waals surface area contributed by atoms with E-state index in [9.17, 15) is 4.79 Å². The fourth-order valence-corrected chi connectivity index (χ4v) is 2.24. The van der Waals surface area contributed by atoms with Crippen LogP contribution in [0.25, 0.3) is 6.08 Å². The van der Waals surface area contributed by atoms with Gasteiger partial charge in [0.05, 0.1) is 6.61 Å². The zero-order valence-electron chi connectivity index (χ0n) is 12.0. The van der Waals surface area contributed by atoms with Crippen LogP contribution >= 0.6 is 15.9 Å². The molecule has 4 nitrogen and oxygen atoms in total. The smallest absolute Gasteiger partial charge is 0.203 e. The number of hydrogen-bond donors (Lipinski definition) is 0. The van der Waals surface area contributed by atoms with Crippen molar-refractivity contribution in [1.29, 1.82) is 0 Å². The summed E-state index contributed by atoms with van der Waals surface area (Å²) in [6.07, 6.45) is 5.85. The molecule has 0 aliphatic carbocycles. The summed E-state index contributed by atoms with van der Waals surface area (Å²) in [4.78, 5) is 12.1. The summed E-state index contributed by atoms with van der Waals surface area (Å²) in [5.41, 5.74) is 1.42. The molecule has 0 unspecified atom stereocenters. The molecular formula is C16H17BrN2O2. The van der Waals surface area contributed by atoms with E-state index in [1.807, 2.05) is 18.2 Å². The van der Waals surface area contributed by atoms with E-state index in [2.05, 4.69) is 28.0 Å². The van der Waals surface area contributed by atoms with Crippen LogP contribution in [0.1, 0.15) is 29.4 Å². The zero-order chi connectivity index (χ0) is 15.2. The molecule has 0 aliphatic heterocycles. The number of benzene rings is 1. The number of aryl methyl sites for hydroxylation is 1. The molecule has 0 N–H and O–H groups in total. The minimum Gasteiger partial charge on any atom is -0.493 e. The molecule has 0 radical (unpaired) electrons. The molecule has 0 bridgehead atoms. The average Bonchev–Trinajstić information content (AvgIpc) is 2.90. The molecule has 1 heterocycles. The Hall–Kier alpha value is -1.88. The summed E-state index contributed by atoms with van der Waals surface area (Å²) in [7, 11) is 1.75. The highest BCUT2D eigenvalue weighted by molar-refractivity contribution is 9.10. The number of ketones is 1. The Labute approximate surface area is 132 Å². The Bertz CT molecular complexity index is 662. The molecule has 0 aliphatic rings. The van der Waals surface area contributed by atoms with Crippen molar-refractivity contribution in [3.63, 3.8) is 0 Å². The maximum atomic E-state index is 12.1. The van der Waals surface area contributed by atoms with Crippen molar-refractivity contribution in [1.82, 2.24) is 9.78 Å². The van der Waals surface area contributed by atoms with Crippen LogP contribution in [0.5, 0.6) is 5.75 Å². The van der Waals surface area contributed by atoms with E-state index in [-0.39, 0.29) is 5.78 Å². The van der Waals surface area contributed by atoms with Crippen LogP contribution in [0.15, 0.2) is 41.0 Å². The van der Waals surface area contributed by atoms with Crippen molar-refractivity contribution in [2.75, 3.05) is 6.61 Å². The number of rotatable bonds is 6. The topological polar surface area (TPSA) is 44.1 Å². The van der Waals surface area contributed by atoms with Crippen LogP contribution in [0.4, 0.5) is 0 Å². The molecule has 0 saturated heterocycles. The molecule has 0 amide bonds. The van der Waals surface area contributed by atoms with Gasteiger partial charge in [-0.05, 0) is 42.8 Å². The molecule has 2 rings (SSSR count). The van der Waals surface area contributed by atoms with Gasteiger partial charge in [0.2, 0.25) is 5.78 Å². The zero-order valence-corrected chi connectivity index (χ0v) is 13.6. The molecule has 1 aromatic heterocycles. The van der Waals surface area contributed by atoms with Crippen LogP contribution in [0.2, 0.25) is 0 Å². The monoisotopic (exact) mass is 348 g/mol. The summed E-state index contributed by atoms with van der Waals surface area (Å²) in [6.45, 7) is 2.71. The molecular weight excluding hydrogens is 332 g/mol. The maximum absolute atomic E-state index is 12.1. The summed E-state index contributed by atoms with van der Waals surface area (Å²) < 4.78 is 8.19. The van der Waals surface area contributed by atoms with Crippen molar-refractivity contribution in [2.24, 2.45) is 7.05 Å². The predicted octanol–water partition coefficient (Wildman–Crippen LogP) is 3.87. The van der Waals surface area contributed by atoms with Gasteiger partial charge in [-0.15, -0.1) is 0 Å². The van der Waals surface area contributed by atoms with Crippen molar-refractivity contribution < 1.29 is 9.53 Å². The van der Waals surface area contributed by atoms with Gasteiger partial charge in [-0.25, -0.2) is 0 Å². The van der Waals surface area contributed by atoms with E-state index in [0.29, 0.717) is 12.3 Å². The first-order valence-corrected chi connectivity index (χ1v) is 7.54. The second-order valence-electron chi connectivity index (χ2n) is 4.57. The Kier molecular flexibility index (Phi) is 5.33. The molecule has 0 spiro atoms. The molecule has 2 aromatic rings.